The van der Waals surface area contributed by atoms with Crippen LogP contribution in [0.1, 0.15) is 10.8 Å². The van der Waals surface area contributed by atoms with Crippen LogP contribution in [0.4, 0.5) is 26.3 Å². The molecule has 2 aromatic rings. The van der Waals surface area contributed by atoms with Crippen molar-refractivity contribution in [1.82, 2.24) is 0 Å². The summed E-state index contributed by atoms with van der Waals surface area (Å²) in [7, 11) is 0. The summed E-state index contributed by atoms with van der Waals surface area (Å²) >= 11 is -1.06. The van der Waals surface area contributed by atoms with Gasteiger partial charge >= 0.3 is 11.7 Å². The minimum absolute atomic E-state index is 0.422. The van der Waals surface area contributed by atoms with Crippen molar-refractivity contribution in [3.8, 4) is 11.1 Å². The molecule has 0 N–H and O–H groups in total. The van der Waals surface area contributed by atoms with E-state index in [9.17, 15) is 26.3 Å². The molecule has 118 valence electrons. The topological polar surface area (TPSA) is 0 Å². The fourth-order valence-corrected chi connectivity index (χ4v) is 2.63. The molecule has 0 saturated heterocycles. The second kappa shape index (κ2) is 6.24. The number of hydrogen-bond acceptors (Lipinski definition) is 1. The maximum absolute atomic E-state index is 12.8. The van der Waals surface area contributed by atoms with Gasteiger partial charge in [0.05, 0.1) is 0 Å². The largest absolute Gasteiger partial charge is 0.442 e. The summed E-state index contributed by atoms with van der Waals surface area (Å²) in [5, 5.41) is -2.63. The number of rotatable bonds is 3. The molecular formula is C15H10F6S. The number of benzene rings is 2. The first-order valence-electron chi connectivity index (χ1n) is 6.13. The Morgan fingerprint density at radius 2 is 1.18 bits per heavy atom. The summed E-state index contributed by atoms with van der Waals surface area (Å²) in [5.74, 6) is 0. The lowest BCUT2D eigenvalue weighted by molar-refractivity contribution is -0.132. The van der Waals surface area contributed by atoms with Gasteiger partial charge in [0.15, 0.2) is 0 Å². The molecule has 0 aromatic heterocycles. The van der Waals surface area contributed by atoms with E-state index < -0.39 is 34.3 Å². The molecule has 0 saturated carbocycles. The molecular weight excluding hydrogens is 326 g/mol. The predicted octanol–water partition coefficient (Wildman–Crippen LogP) is 6.21. The summed E-state index contributed by atoms with van der Waals surface area (Å²) in [5.41, 5.74) is -3.96. The van der Waals surface area contributed by atoms with Gasteiger partial charge in [-0.1, -0.05) is 54.6 Å². The normalized spacial score (nSPS) is 13.9. The quantitative estimate of drug-likeness (QED) is 0.601. The molecule has 0 aliphatic rings. The van der Waals surface area contributed by atoms with E-state index in [4.69, 9.17) is 0 Å². The molecule has 7 heteroatoms. The molecule has 0 nitrogen and oxygen atoms in total. The van der Waals surface area contributed by atoms with Crippen molar-refractivity contribution in [2.24, 2.45) is 0 Å². The maximum Gasteiger partial charge on any atom is 0.442 e. The van der Waals surface area contributed by atoms with Crippen LogP contribution < -0.4 is 0 Å². The third kappa shape index (κ3) is 4.43. The van der Waals surface area contributed by atoms with Gasteiger partial charge in [0.2, 0.25) is 0 Å². The SMILES string of the molecule is FC(F)(F)SC(c1ccc(-c2ccccc2)cc1)C(F)(F)F. The van der Waals surface area contributed by atoms with Crippen molar-refractivity contribution < 1.29 is 26.3 Å². The Labute approximate surface area is 127 Å². The van der Waals surface area contributed by atoms with Crippen LogP contribution in [-0.4, -0.2) is 11.7 Å². The van der Waals surface area contributed by atoms with Gasteiger partial charge in [0.1, 0.15) is 5.25 Å². The Kier molecular flexibility index (Phi) is 4.75. The monoisotopic (exact) mass is 336 g/mol. The summed E-state index contributed by atoms with van der Waals surface area (Å²) in [4.78, 5) is 0. The third-order valence-corrected chi connectivity index (χ3v) is 3.91. The maximum atomic E-state index is 12.8. The molecule has 0 aliphatic heterocycles. The average Bonchev–Trinajstić information content (AvgIpc) is 2.44. The zero-order valence-electron chi connectivity index (χ0n) is 10.9. The van der Waals surface area contributed by atoms with Crippen molar-refractivity contribution >= 4 is 11.8 Å². The molecule has 0 aliphatic carbocycles. The van der Waals surface area contributed by atoms with E-state index in [1.807, 2.05) is 0 Å². The van der Waals surface area contributed by atoms with E-state index in [1.165, 1.54) is 12.1 Å². The first-order valence-corrected chi connectivity index (χ1v) is 7.01. The van der Waals surface area contributed by atoms with Gasteiger partial charge in [-0.3, -0.25) is 0 Å². The number of thioether (sulfide) groups is 1. The zero-order valence-corrected chi connectivity index (χ0v) is 11.8. The van der Waals surface area contributed by atoms with E-state index in [2.05, 4.69) is 0 Å². The van der Waals surface area contributed by atoms with Crippen LogP contribution >= 0.6 is 11.8 Å². The molecule has 0 fully saturated rings. The second-order valence-electron chi connectivity index (χ2n) is 4.47. The van der Waals surface area contributed by atoms with Crippen LogP contribution in [0.2, 0.25) is 0 Å². The molecule has 0 spiro atoms. The molecule has 1 unspecified atom stereocenters. The Balaban J connectivity index is 2.30. The molecule has 2 rings (SSSR count). The highest BCUT2D eigenvalue weighted by molar-refractivity contribution is 8.00. The Morgan fingerprint density at radius 3 is 1.64 bits per heavy atom. The predicted molar refractivity (Wildman–Crippen MR) is 74.3 cm³/mol. The van der Waals surface area contributed by atoms with Gasteiger partial charge in [-0.05, 0) is 28.5 Å². The lowest BCUT2D eigenvalue weighted by atomic mass is 10.0. The van der Waals surface area contributed by atoms with Gasteiger partial charge in [0.25, 0.3) is 0 Å². The van der Waals surface area contributed by atoms with Gasteiger partial charge in [-0.15, -0.1) is 0 Å². The van der Waals surface area contributed by atoms with Crippen molar-refractivity contribution in [3.05, 3.63) is 60.2 Å². The second-order valence-corrected chi connectivity index (χ2v) is 5.64. The lowest BCUT2D eigenvalue weighted by Gasteiger charge is -2.21. The summed E-state index contributed by atoms with van der Waals surface area (Å²) in [6.07, 6.45) is -4.98. The van der Waals surface area contributed by atoms with E-state index >= 15 is 0 Å². The highest BCUT2D eigenvalue weighted by Crippen LogP contribution is 2.50. The van der Waals surface area contributed by atoms with E-state index in [0.29, 0.717) is 5.56 Å². The standard InChI is InChI=1S/C15H10F6S/c16-14(17,18)13(22-15(19,20)21)12-8-6-11(7-9-12)10-4-2-1-3-5-10/h1-9,13H. The Hall–Kier alpha value is -1.63. The van der Waals surface area contributed by atoms with Gasteiger partial charge < -0.3 is 0 Å². The van der Waals surface area contributed by atoms with Crippen molar-refractivity contribution in [1.29, 1.82) is 0 Å². The molecule has 2 aromatic carbocycles. The van der Waals surface area contributed by atoms with Crippen LogP contribution in [-0.2, 0) is 0 Å². The molecule has 1 atom stereocenters. The summed E-state index contributed by atoms with van der Waals surface area (Å²) in [6.45, 7) is 0. The fraction of sp³-hybridized carbons (Fsp3) is 0.200. The lowest BCUT2D eigenvalue weighted by Crippen LogP contribution is -2.21. The van der Waals surface area contributed by atoms with Crippen molar-refractivity contribution in [2.75, 3.05) is 0 Å². The third-order valence-electron chi connectivity index (χ3n) is 2.87. The van der Waals surface area contributed by atoms with Crippen LogP contribution in [0.15, 0.2) is 54.6 Å². The van der Waals surface area contributed by atoms with Gasteiger partial charge in [-0.25, -0.2) is 0 Å². The molecule has 22 heavy (non-hydrogen) atoms. The number of halogens is 6. The first kappa shape index (κ1) is 16.7. The van der Waals surface area contributed by atoms with Crippen LogP contribution in [0.25, 0.3) is 11.1 Å². The molecule has 0 radical (unpaired) electrons. The van der Waals surface area contributed by atoms with Gasteiger partial charge in [0, 0.05) is 0 Å². The van der Waals surface area contributed by atoms with Gasteiger partial charge in [-0.2, -0.15) is 26.3 Å². The molecule has 0 amide bonds. The highest BCUT2D eigenvalue weighted by atomic mass is 32.2. The zero-order chi connectivity index (χ0) is 16.4. The number of hydrogen-bond donors (Lipinski definition) is 0. The van der Waals surface area contributed by atoms with Crippen molar-refractivity contribution in [3.63, 3.8) is 0 Å². The average molecular weight is 336 g/mol. The number of alkyl halides is 6. The highest BCUT2D eigenvalue weighted by Gasteiger charge is 2.48. The minimum Gasteiger partial charge on any atom is -0.169 e. The smallest absolute Gasteiger partial charge is 0.169 e. The van der Waals surface area contributed by atoms with E-state index in [1.54, 1.807) is 30.3 Å². The van der Waals surface area contributed by atoms with Crippen LogP contribution in [0.5, 0.6) is 0 Å². The van der Waals surface area contributed by atoms with Crippen LogP contribution in [0.3, 0.4) is 0 Å². The summed E-state index contributed by atoms with van der Waals surface area (Å²) < 4.78 is 75.5. The van der Waals surface area contributed by atoms with E-state index in [-0.39, 0.29) is 0 Å². The fourth-order valence-electron chi connectivity index (χ4n) is 1.94. The first-order chi connectivity index (χ1) is 10.2. The minimum atomic E-state index is -4.98. The van der Waals surface area contributed by atoms with Crippen LogP contribution in [0, 0.1) is 0 Å². The Morgan fingerprint density at radius 1 is 0.682 bits per heavy atom. The van der Waals surface area contributed by atoms with E-state index in [0.717, 1.165) is 17.7 Å². The molecule has 0 bridgehead atoms. The summed E-state index contributed by atoms with van der Waals surface area (Å²) in [6, 6.07) is 13.8. The Bertz CT molecular complexity index is 601. The van der Waals surface area contributed by atoms with Crippen molar-refractivity contribution in [2.45, 2.75) is 16.9 Å². The molecule has 0 heterocycles.